The van der Waals surface area contributed by atoms with Crippen LogP contribution in [-0.2, 0) is 19.7 Å². The molecule has 0 radical (unpaired) electrons. The van der Waals surface area contributed by atoms with Crippen molar-refractivity contribution >= 4 is 15.9 Å². The van der Waals surface area contributed by atoms with E-state index in [1.54, 1.807) is 0 Å². The third-order valence-electron chi connectivity index (χ3n) is 2.13. The lowest BCUT2D eigenvalue weighted by molar-refractivity contribution is -0.134. The number of rotatable bonds is 3. The van der Waals surface area contributed by atoms with Gasteiger partial charge in [0.2, 0.25) is 10.0 Å². The van der Waals surface area contributed by atoms with Gasteiger partial charge >= 0.3 is 0 Å². The molecule has 1 saturated heterocycles. The lowest BCUT2D eigenvalue weighted by Gasteiger charge is -2.20. The second-order valence-electron chi connectivity index (χ2n) is 3.20. The normalized spacial score (nSPS) is 23.7. The summed E-state index contributed by atoms with van der Waals surface area (Å²) < 4.78 is 23.7. The number of hydroxylamine groups is 1. The average molecular weight is 222 g/mol. The second kappa shape index (κ2) is 4.24. The van der Waals surface area contributed by atoms with Gasteiger partial charge < -0.3 is 0 Å². The Kier molecular flexibility index (Phi) is 3.46. The zero-order valence-electron chi connectivity index (χ0n) is 8.19. The van der Waals surface area contributed by atoms with Gasteiger partial charge in [-0.25, -0.2) is 13.9 Å². The second-order valence-corrected chi connectivity index (χ2v) is 5.14. The van der Waals surface area contributed by atoms with E-state index in [-0.39, 0.29) is 0 Å². The van der Waals surface area contributed by atoms with E-state index in [0.717, 1.165) is 6.26 Å². The maximum absolute atomic E-state index is 11.4. The molecule has 1 amide bonds. The highest BCUT2D eigenvalue weighted by molar-refractivity contribution is 7.88. The van der Waals surface area contributed by atoms with Crippen LogP contribution in [0.2, 0.25) is 0 Å². The highest BCUT2D eigenvalue weighted by atomic mass is 32.2. The predicted molar refractivity (Wildman–Crippen MR) is 49.7 cm³/mol. The Morgan fingerprint density at radius 2 is 2.21 bits per heavy atom. The minimum Gasteiger partial charge on any atom is -0.277 e. The van der Waals surface area contributed by atoms with E-state index < -0.39 is 22.0 Å². The molecule has 1 atom stereocenters. The summed E-state index contributed by atoms with van der Waals surface area (Å²) in [7, 11) is -1.98. The number of carbonyl (C=O) groups is 1. The van der Waals surface area contributed by atoms with Gasteiger partial charge in [-0.3, -0.25) is 9.63 Å². The molecule has 0 aromatic rings. The molecular formula is C7H14N2O4S. The first-order chi connectivity index (χ1) is 6.46. The van der Waals surface area contributed by atoms with E-state index in [9.17, 15) is 13.2 Å². The fraction of sp³-hybridized carbons (Fsp3) is 0.857. The van der Waals surface area contributed by atoms with Crippen molar-refractivity contribution < 1.29 is 18.0 Å². The van der Waals surface area contributed by atoms with Gasteiger partial charge in [0.15, 0.2) is 0 Å². The highest BCUT2D eigenvalue weighted by Crippen LogP contribution is 2.20. The Morgan fingerprint density at radius 1 is 1.57 bits per heavy atom. The Bertz CT molecular complexity index is 314. The van der Waals surface area contributed by atoms with Crippen LogP contribution in [0.15, 0.2) is 0 Å². The molecule has 0 spiro atoms. The first kappa shape index (κ1) is 11.4. The quantitative estimate of drug-likeness (QED) is 0.627. The van der Waals surface area contributed by atoms with Crippen molar-refractivity contribution in [2.45, 2.75) is 18.9 Å². The van der Waals surface area contributed by atoms with Crippen LogP contribution in [0.5, 0.6) is 0 Å². The van der Waals surface area contributed by atoms with Crippen molar-refractivity contribution in [1.29, 1.82) is 0 Å². The van der Waals surface area contributed by atoms with Gasteiger partial charge in [0.25, 0.3) is 5.91 Å². The summed E-state index contributed by atoms with van der Waals surface area (Å²) in [4.78, 5) is 15.8. The lowest BCUT2D eigenvalue weighted by atomic mass is 10.2. The van der Waals surface area contributed by atoms with Gasteiger partial charge in [-0.15, -0.1) is 0 Å². The monoisotopic (exact) mass is 222 g/mol. The van der Waals surface area contributed by atoms with E-state index in [2.05, 4.69) is 10.3 Å². The maximum atomic E-state index is 11.4. The minimum atomic E-state index is -3.30. The van der Waals surface area contributed by atoms with Gasteiger partial charge in [0.05, 0.1) is 13.4 Å². The van der Waals surface area contributed by atoms with Crippen LogP contribution < -0.4 is 5.48 Å². The van der Waals surface area contributed by atoms with Crippen molar-refractivity contribution in [1.82, 2.24) is 9.79 Å². The molecule has 1 aliphatic heterocycles. The Balaban J connectivity index is 2.74. The Hall–Kier alpha value is -0.660. The summed E-state index contributed by atoms with van der Waals surface area (Å²) in [6.07, 6.45) is 2.35. The number of amides is 1. The summed E-state index contributed by atoms with van der Waals surface area (Å²) >= 11 is 0. The van der Waals surface area contributed by atoms with E-state index in [0.29, 0.717) is 19.4 Å². The third kappa shape index (κ3) is 2.43. The SMILES string of the molecule is CONC(=O)C1CCCN1S(C)(=O)=O. The standard InChI is InChI=1S/C7H14N2O4S/c1-13-8-7(10)6-4-3-5-9(6)14(2,11)12/h6H,3-5H2,1-2H3,(H,8,10). The van der Waals surface area contributed by atoms with E-state index in [4.69, 9.17) is 0 Å². The van der Waals surface area contributed by atoms with Crippen LogP contribution in [0, 0.1) is 0 Å². The average Bonchev–Trinajstić information content (AvgIpc) is 2.50. The van der Waals surface area contributed by atoms with Crippen LogP contribution >= 0.6 is 0 Å². The summed E-state index contributed by atoms with van der Waals surface area (Å²) in [6.45, 7) is 0.403. The van der Waals surface area contributed by atoms with Crippen molar-refractivity contribution in [3.8, 4) is 0 Å². The fourth-order valence-corrected chi connectivity index (χ4v) is 2.69. The predicted octanol–water partition coefficient (Wildman–Crippen LogP) is -0.912. The van der Waals surface area contributed by atoms with Crippen LogP contribution in [0.4, 0.5) is 0 Å². The maximum Gasteiger partial charge on any atom is 0.261 e. The van der Waals surface area contributed by atoms with Gasteiger partial charge in [-0.05, 0) is 12.8 Å². The molecular weight excluding hydrogens is 208 g/mol. The van der Waals surface area contributed by atoms with Gasteiger partial charge in [-0.1, -0.05) is 0 Å². The van der Waals surface area contributed by atoms with Crippen molar-refractivity contribution in [2.75, 3.05) is 19.9 Å². The van der Waals surface area contributed by atoms with E-state index in [1.165, 1.54) is 11.4 Å². The molecule has 1 aliphatic rings. The molecule has 1 heterocycles. The molecule has 0 bridgehead atoms. The van der Waals surface area contributed by atoms with Gasteiger partial charge in [0.1, 0.15) is 6.04 Å². The molecule has 0 saturated carbocycles. The summed E-state index contributed by atoms with van der Waals surface area (Å²) in [5.74, 6) is -0.407. The molecule has 82 valence electrons. The molecule has 0 aliphatic carbocycles. The Labute approximate surface area is 83.2 Å². The number of nitrogens with one attached hydrogen (secondary N) is 1. The van der Waals surface area contributed by atoms with E-state index >= 15 is 0 Å². The van der Waals surface area contributed by atoms with Gasteiger partial charge in [0, 0.05) is 6.54 Å². The zero-order chi connectivity index (χ0) is 10.8. The molecule has 1 rings (SSSR count). The van der Waals surface area contributed by atoms with Crippen molar-refractivity contribution in [3.63, 3.8) is 0 Å². The molecule has 14 heavy (non-hydrogen) atoms. The molecule has 0 aromatic carbocycles. The summed E-state index contributed by atoms with van der Waals surface area (Å²) in [5.41, 5.74) is 2.14. The van der Waals surface area contributed by atoms with Crippen LogP contribution in [-0.4, -0.2) is 44.6 Å². The zero-order valence-corrected chi connectivity index (χ0v) is 9.00. The van der Waals surface area contributed by atoms with Crippen LogP contribution in [0.3, 0.4) is 0 Å². The van der Waals surface area contributed by atoms with Crippen molar-refractivity contribution in [2.24, 2.45) is 0 Å². The topological polar surface area (TPSA) is 75.7 Å². The van der Waals surface area contributed by atoms with Crippen LogP contribution in [0.1, 0.15) is 12.8 Å². The summed E-state index contributed by atoms with van der Waals surface area (Å²) in [5, 5.41) is 0. The largest absolute Gasteiger partial charge is 0.277 e. The first-order valence-corrected chi connectivity index (χ1v) is 6.11. The highest BCUT2D eigenvalue weighted by Gasteiger charge is 2.36. The number of carbonyl (C=O) groups excluding carboxylic acids is 1. The van der Waals surface area contributed by atoms with Crippen LogP contribution in [0.25, 0.3) is 0 Å². The molecule has 1 N–H and O–H groups in total. The number of hydrogen-bond donors (Lipinski definition) is 1. The molecule has 7 heteroatoms. The molecule has 1 fully saturated rings. The Morgan fingerprint density at radius 3 is 2.71 bits per heavy atom. The first-order valence-electron chi connectivity index (χ1n) is 4.26. The van der Waals surface area contributed by atoms with Crippen molar-refractivity contribution in [3.05, 3.63) is 0 Å². The fourth-order valence-electron chi connectivity index (χ4n) is 1.57. The van der Waals surface area contributed by atoms with Gasteiger partial charge in [-0.2, -0.15) is 4.31 Å². The minimum absolute atomic E-state index is 0.403. The number of nitrogens with zero attached hydrogens (tertiary/aromatic N) is 1. The third-order valence-corrected chi connectivity index (χ3v) is 3.42. The number of sulfonamides is 1. The smallest absolute Gasteiger partial charge is 0.261 e. The number of hydrogen-bond acceptors (Lipinski definition) is 4. The lowest BCUT2D eigenvalue weighted by Crippen LogP contribution is -2.45. The molecule has 1 unspecified atom stereocenters. The summed E-state index contributed by atoms with van der Waals surface area (Å²) in [6, 6.07) is -0.620. The van der Waals surface area contributed by atoms with E-state index in [1.807, 2.05) is 0 Å². The molecule has 0 aromatic heterocycles. The molecule has 6 nitrogen and oxygen atoms in total.